The number of benzene rings is 1. The van der Waals surface area contributed by atoms with Crippen LogP contribution in [0.1, 0.15) is 5.56 Å². The zero-order valence-corrected chi connectivity index (χ0v) is 10.2. The molecule has 18 heavy (non-hydrogen) atoms. The van der Waals surface area contributed by atoms with Crippen molar-refractivity contribution in [2.45, 2.75) is 0 Å². The van der Waals surface area contributed by atoms with Crippen LogP contribution in [0.2, 0.25) is 0 Å². The summed E-state index contributed by atoms with van der Waals surface area (Å²) in [7, 11) is 0. The largest absolute Gasteiger partial charge is 0.508 e. The molecule has 0 atom stereocenters. The van der Waals surface area contributed by atoms with Gasteiger partial charge in [0, 0.05) is 37.5 Å². The van der Waals surface area contributed by atoms with Gasteiger partial charge in [-0.3, -0.25) is 9.89 Å². The van der Waals surface area contributed by atoms with Gasteiger partial charge in [0.15, 0.2) is 0 Å². The fraction of sp³-hybridized carbons (Fsp3) is 0.462. The first-order valence-electron chi connectivity index (χ1n) is 6.07. The SMILES string of the molecule is Oc1ccc(C=NCCN2CCOCC2)c(O)c1. The van der Waals surface area contributed by atoms with E-state index in [4.69, 9.17) is 9.84 Å². The van der Waals surface area contributed by atoms with Gasteiger partial charge in [-0.05, 0) is 12.1 Å². The minimum atomic E-state index is 0.0464. The van der Waals surface area contributed by atoms with Crippen LogP contribution in [-0.2, 0) is 4.74 Å². The van der Waals surface area contributed by atoms with Crippen LogP contribution in [0.15, 0.2) is 23.2 Å². The molecule has 0 aliphatic carbocycles. The molecular weight excluding hydrogens is 232 g/mol. The lowest BCUT2D eigenvalue weighted by Gasteiger charge is -2.25. The van der Waals surface area contributed by atoms with Crippen LogP contribution < -0.4 is 0 Å². The highest BCUT2D eigenvalue weighted by molar-refractivity contribution is 5.83. The molecule has 1 aromatic rings. The Kier molecular flexibility index (Phi) is 4.55. The van der Waals surface area contributed by atoms with Gasteiger partial charge in [-0.25, -0.2) is 0 Å². The van der Waals surface area contributed by atoms with Crippen LogP contribution in [0.4, 0.5) is 0 Å². The summed E-state index contributed by atoms with van der Waals surface area (Å²) in [5, 5.41) is 18.7. The lowest BCUT2D eigenvalue weighted by molar-refractivity contribution is 0.0395. The van der Waals surface area contributed by atoms with E-state index in [0.717, 1.165) is 32.8 Å². The van der Waals surface area contributed by atoms with Gasteiger partial charge in [0.1, 0.15) is 11.5 Å². The van der Waals surface area contributed by atoms with Crippen molar-refractivity contribution < 1.29 is 14.9 Å². The van der Waals surface area contributed by atoms with Gasteiger partial charge < -0.3 is 14.9 Å². The van der Waals surface area contributed by atoms with Crippen LogP contribution in [-0.4, -0.2) is 60.7 Å². The van der Waals surface area contributed by atoms with Gasteiger partial charge in [0.2, 0.25) is 0 Å². The molecule has 98 valence electrons. The topological polar surface area (TPSA) is 65.3 Å². The molecule has 0 bridgehead atoms. The van der Waals surface area contributed by atoms with Crippen LogP contribution in [0.25, 0.3) is 0 Å². The van der Waals surface area contributed by atoms with E-state index in [1.165, 1.54) is 12.1 Å². The molecule has 5 nitrogen and oxygen atoms in total. The second-order valence-corrected chi connectivity index (χ2v) is 4.23. The highest BCUT2D eigenvalue weighted by Gasteiger charge is 2.08. The van der Waals surface area contributed by atoms with E-state index in [1.54, 1.807) is 12.3 Å². The Balaban J connectivity index is 1.80. The fourth-order valence-electron chi connectivity index (χ4n) is 1.83. The molecule has 1 aliphatic heterocycles. The van der Waals surface area contributed by atoms with Crippen LogP contribution in [0.5, 0.6) is 11.5 Å². The zero-order valence-electron chi connectivity index (χ0n) is 10.2. The molecule has 2 rings (SSSR count). The molecule has 1 saturated heterocycles. The summed E-state index contributed by atoms with van der Waals surface area (Å²) in [4.78, 5) is 6.58. The van der Waals surface area contributed by atoms with E-state index < -0.39 is 0 Å². The van der Waals surface area contributed by atoms with Crippen LogP contribution >= 0.6 is 0 Å². The maximum absolute atomic E-state index is 9.56. The molecule has 5 heteroatoms. The van der Waals surface area contributed by atoms with Crippen molar-refractivity contribution >= 4 is 6.21 Å². The summed E-state index contributed by atoms with van der Waals surface area (Å²) >= 11 is 0. The average Bonchev–Trinajstić information content (AvgIpc) is 2.38. The molecule has 0 amide bonds. The second-order valence-electron chi connectivity index (χ2n) is 4.23. The van der Waals surface area contributed by atoms with E-state index in [0.29, 0.717) is 12.1 Å². The van der Waals surface area contributed by atoms with Crippen molar-refractivity contribution in [1.82, 2.24) is 4.90 Å². The second kappa shape index (κ2) is 6.37. The molecule has 0 radical (unpaired) electrons. The first-order valence-corrected chi connectivity index (χ1v) is 6.07. The fourth-order valence-corrected chi connectivity index (χ4v) is 1.83. The predicted molar refractivity (Wildman–Crippen MR) is 69.5 cm³/mol. The van der Waals surface area contributed by atoms with E-state index in [2.05, 4.69) is 9.89 Å². The average molecular weight is 250 g/mol. The van der Waals surface area contributed by atoms with Gasteiger partial charge >= 0.3 is 0 Å². The molecule has 0 saturated carbocycles. The number of aromatic hydroxyl groups is 2. The molecule has 0 spiro atoms. The van der Waals surface area contributed by atoms with Crippen molar-refractivity contribution in [1.29, 1.82) is 0 Å². The molecule has 0 unspecified atom stereocenters. The quantitative estimate of drug-likeness (QED) is 0.777. The van der Waals surface area contributed by atoms with Gasteiger partial charge in [-0.1, -0.05) is 0 Å². The molecule has 1 aliphatic rings. The minimum Gasteiger partial charge on any atom is -0.508 e. The minimum absolute atomic E-state index is 0.0464. The van der Waals surface area contributed by atoms with Gasteiger partial charge in [0.25, 0.3) is 0 Å². The Labute approximate surface area is 106 Å². The normalized spacial score (nSPS) is 17.3. The van der Waals surface area contributed by atoms with Crippen molar-refractivity contribution in [2.24, 2.45) is 4.99 Å². The van der Waals surface area contributed by atoms with Crippen molar-refractivity contribution in [3.8, 4) is 11.5 Å². The maximum atomic E-state index is 9.56. The number of phenolic OH excluding ortho intramolecular Hbond substituents is 2. The lowest BCUT2D eigenvalue weighted by Crippen LogP contribution is -2.37. The number of nitrogens with zero attached hydrogens (tertiary/aromatic N) is 2. The Morgan fingerprint density at radius 3 is 2.78 bits per heavy atom. The van der Waals surface area contributed by atoms with Crippen LogP contribution in [0, 0.1) is 0 Å². The standard InChI is InChI=1S/C13H18N2O3/c16-12-2-1-11(13(17)9-12)10-14-3-4-15-5-7-18-8-6-15/h1-2,9-10,16-17H,3-8H2. The number of rotatable bonds is 4. The summed E-state index contributed by atoms with van der Waals surface area (Å²) in [5.74, 6) is 0.100. The third kappa shape index (κ3) is 3.72. The Morgan fingerprint density at radius 2 is 2.06 bits per heavy atom. The van der Waals surface area contributed by atoms with Crippen LogP contribution in [0.3, 0.4) is 0 Å². The maximum Gasteiger partial charge on any atom is 0.128 e. The third-order valence-electron chi connectivity index (χ3n) is 2.89. The first-order chi connectivity index (χ1) is 8.75. The predicted octanol–water partition coefficient (Wildman–Crippen LogP) is 0.849. The van der Waals surface area contributed by atoms with E-state index >= 15 is 0 Å². The van der Waals surface area contributed by atoms with Gasteiger partial charge in [-0.2, -0.15) is 0 Å². The molecule has 1 fully saturated rings. The van der Waals surface area contributed by atoms with Gasteiger partial charge in [0.05, 0.1) is 19.8 Å². The highest BCUT2D eigenvalue weighted by Crippen LogP contribution is 2.20. The highest BCUT2D eigenvalue weighted by atomic mass is 16.5. The molecule has 2 N–H and O–H groups in total. The number of hydrogen-bond acceptors (Lipinski definition) is 5. The molecule has 1 aromatic carbocycles. The summed E-state index contributed by atoms with van der Waals surface area (Å²) in [5.41, 5.74) is 0.620. The smallest absolute Gasteiger partial charge is 0.128 e. The summed E-state index contributed by atoms with van der Waals surface area (Å²) < 4.78 is 5.27. The number of hydrogen-bond donors (Lipinski definition) is 2. The monoisotopic (exact) mass is 250 g/mol. The number of morpholine rings is 1. The number of phenols is 2. The molecule has 0 aromatic heterocycles. The number of ether oxygens (including phenoxy) is 1. The lowest BCUT2D eigenvalue weighted by atomic mass is 10.2. The molecule has 1 heterocycles. The van der Waals surface area contributed by atoms with E-state index in [9.17, 15) is 5.11 Å². The third-order valence-corrected chi connectivity index (χ3v) is 2.89. The van der Waals surface area contributed by atoms with E-state index in [-0.39, 0.29) is 11.5 Å². The summed E-state index contributed by atoms with van der Waals surface area (Å²) in [6.45, 7) is 5.10. The first kappa shape index (κ1) is 12.9. The summed E-state index contributed by atoms with van der Waals surface area (Å²) in [6.07, 6.45) is 1.63. The summed E-state index contributed by atoms with van der Waals surface area (Å²) in [6, 6.07) is 4.48. The Hall–Kier alpha value is -1.59. The Bertz CT molecular complexity index is 415. The van der Waals surface area contributed by atoms with E-state index in [1.807, 2.05) is 0 Å². The number of aliphatic imine (C=N–C) groups is 1. The van der Waals surface area contributed by atoms with Crippen molar-refractivity contribution in [2.75, 3.05) is 39.4 Å². The molecular formula is C13H18N2O3. The van der Waals surface area contributed by atoms with Crippen molar-refractivity contribution in [3.63, 3.8) is 0 Å². The van der Waals surface area contributed by atoms with Crippen molar-refractivity contribution in [3.05, 3.63) is 23.8 Å². The van der Waals surface area contributed by atoms with Gasteiger partial charge in [-0.15, -0.1) is 0 Å². The zero-order chi connectivity index (χ0) is 12.8. The Morgan fingerprint density at radius 1 is 1.28 bits per heavy atom.